The lowest BCUT2D eigenvalue weighted by atomic mass is 9.82. The summed E-state index contributed by atoms with van der Waals surface area (Å²) in [5, 5.41) is 21.2. The van der Waals surface area contributed by atoms with Gasteiger partial charge in [0.05, 0.1) is 12.2 Å². The van der Waals surface area contributed by atoms with Gasteiger partial charge in [-0.25, -0.2) is 0 Å². The van der Waals surface area contributed by atoms with Gasteiger partial charge in [-0.2, -0.15) is 0 Å². The van der Waals surface area contributed by atoms with Crippen LogP contribution in [-0.4, -0.2) is 22.4 Å². The van der Waals surface area contributed by atoms with Crippen LogP contribution in [0.2, 0.25) is 0 Å². The minimum absolute atomic E-state index is 0.311. The summed E-state index contributed by atoms with van der Waals surface area (Å²) in [5.74, 6) is 7.15. The number of aliphatic hydroxyl groups is 2. The van der Waals surface area contributed by atoms with Crippen LogP contribution >= 0.6 is 0 Å². The maximum absolute atomic E-state index is 10.8. The summed E-state index contributed by atoms with van der Waals surface area (Å²) in [6.45, 7) is 3.77. The quantitative estimate of drug-likeness (QED) is 0.381. The summed E-state index contributed by atoms with van der Waals surface area (Å²) in [6, 6.07) is 0. The molecule has 0 aromatic rings. The Labute approximate surface area is 154 Å². The highest BCUT2D eigenvalue weighted by Crippen LogP contribution is 2.30. The lowest BCUT2D eigenvalue weighted by molar-refractivity contribution is 0.0891. The Bertz CT molecular complexity index is 470. The summed E-state index contributed by atoms with van der Waals surface area (Å²) in [7, 11) is 0. The van der Waals surface area contributed by atoms with Gasteiger partial charge in [-0.05, 0) is 50.4 Å². The van der Waals surface area contributed by atoms with Crippen LogP contribution in [0.25, 0.3) is 0 Å². The molecule has 2 atom stereocenters. The second kappa shape index (κ2) is 11.6. The zero-order valence-electron chi connectivity index (χ0n) is 15.8. The highest BCUT2D eigenvalue weighted by molar-refractivity contribution is 5.33. The van der Waals surface area contributed by atoms with E-state index in [1.807, 2.05) is 6.08 Å². The molecular formula is C23H36O2. The van der Waals surface area contributed by atoms with Crippen molar-refractivity contribution in [2.24, 2.45) is 11.8 Å². The third-order valence-electron chi connectivity index (χ3n) is 5.89. The van der Waals surface area contributed by atoms with E-state index in [2.05, 4.69) is 24.5 Å². The molecule has 2 heteroatoms. The van der Waals surface area contributed by atoms with Crippen molar-refractivity contribution in [2.45, 2.75) is 95.7 Å². The molecule has 0 bridgehead atoms. The van der Waals surface area contributed by atoms with Gasteiger partial charge in [0.2, 0.25) is 0 Å². The molecule has 2 N–H and O–H groups in total. The predicted molar refractivity (Wildman–Crippen MR) is 105 cm³/mol. The second-order valence-electron chi connectivity index (χ2n) is 7.84. The number of unbranched alkanes of at least 4 members (excludes halogenated alkanes) is 1. The molecule has 0 aliphatic heterocycles. The molecule has 0 saturated heterocycles. The highest BCUT2D eigenvalue weighted by atomic mass is 16.3. The molecule has 2 nitrogen and oxygen atoms in total. The molecule has 2 saturated carbocycles. The fourth-order valence-corrected chi connectivity index (χ4v) is 4.25. The van der Waals surface area contributed by atoms with E-state index in [1.54, 1.807) is 0 Å². The van der Waals surface area contributed by atoms with Gasteiger partial charge in [0.25, 0.3) is 0 Å². The van der Waals surface area contributed by atoms with Crippen molar-refractivity contribution in [3.05, 3.63) is 24.3 Å². The molecular weight excluding hydrogens is 308 g/mol. The molecule has 2 aliphatic carbocycles. The van der Waals surface area contributed by atoms with Crippen molar-refractivity contribution in [1.82, 2.24) is 0 Å². The van der Waals surface area contributed by atoms with Crippen LogP contribution in [0.15, 0.2) is 24.3 Å². The number of hydrogen-bond acceptors (Lipinski definition) is 2. The Morgan fingerprint density at radius 2 is 1.52 bits per heavy atom. The van der Waals surface area contributed by atoms with Crippen LogP contribution in [0.1, 0.15) is 83.5 Å². The van der Waals surface area contributed by atoms with Gasteiger partial charge in [0.1, 0.15) is 0 Å². The normalized spacial score (nSPS) is 22.7. The van der Waals surface area contributed by atoms with Crippen LogP contribution in [-0.2, 0) is 0 Å². The summed E-state index contributed by atoms with van der Waals surface area (Å²) < 4.78 is 0. The van der Waals surface area contributed by atoms with E-state index in [1.165, 1.54) is 38.5 Å². The Hall–Kier alpha value is -1.04. The van der Waals surface area contributed by atoms with Crippen molar-refractivity contribution < 1.29 is 10.2 Å². The van der Waals surface area contributed by atoms with Gasteiger partial charge in [-0.3, -0.25) is 0 Å². The van der Waals surface area contributed by atoms with E-state index in [0.29, 0.717) is 18.3 Å². The Morgan fingerprint density at radius 3 is 2.12 bits per heavy atom. The summed E-state index contributed by atoms with van der Waals surface area (Å²) in [6.07, 6.45) is 17.5. The standard InChI is InChI=1S/C23H36O2/c1-2-3-6-14-21(23(25)20-15-9-5-10-16-20)17-11-18-22(24)19-12-7-4-8-13-19/h2,14,19-20,22-25H,1,3-10,12-13,15-16,18H2/b21-14+. The summed E-state index contributed by atoms with van der Waals surface area (Å²) in [4.78, 5) is 0. The molecule has 0 heterocycles. The van der Waals surface area contributed by atoms with Crippen LogP contribution in [0.5, 0.6) is 0 Å². The van der Waals surface area contributed by atoms with E-state index in [9.17, 15) is 10.2 Å². The number of hydrogen-bond donors (Lipinski definition) is 2. The van der Waals surface area contributed by atoms with Gasteiger partial charge < -0.3 is 10.2 Å². The Morgan fingerprint density at radius 1 is 0.920 bits per heavy atom. The van der Waals surface area contributed by atoms with Gasteiger partial charge in [-0.15, -0.1) is 6.58 Å². The first-order valence-corrected chi connectivity index (χ1v) is 10.4. The van der Waals surface area contributed by atoms with E-state index in [-0.39, 0.29) is 6.10 Å². The fourth-order valence-electron chi connectivity index (χ4n) is 4.25. The van der Waals surface area contributed by atoms with Crippen molar-refractivity contribution in [3.63, 3.8) is 0 Å². The molecule has 0 aromatic carbocycles. The molecule has 0 aromatic heterocycles. The first-order valence-electron chi connectivity index (χ1n) is 10.4. The lowest BCUT2D eigenvalue weighted by Crippen LogP contribution is -2.24. The van der Waals surface area contributed by atoms with E-state index in [4.69, 9.17) is 0 Å². The van der Waals surface area contributed by atoms with Gasteiger partial charge in [0.15, 0.2) is 0 Å². The van der Waals surface area contributed by atoms with Gasteiger partial charge in [-0.1, -0.05) is 62.5 Å². The molecule has 140 valence electrons. The third-order valence-corrected chi connectivity index (χ3v) is 5.89. The summed E-state index contributed by atoms with van der Waals surface area (Å²) >= 11 is 0. The van der Waals surface area contributed by atoms with E-state index in [0.717, 1.165) is 44.1 Å². The van der Waals surface area contributed by atoms with Gasteiger partial charge in [0, 0.05) is 12.0 Å². The highest BCUT2D eigenvalue weighted by Gasteiger charge is 2.24. The van der Waals surface area contributed by atoms with Crippen molar-refractivity contribution in [2.75, 3.05) is 0 Å². The lowest BCUT2D eigenvalue weighted by Gasteiger charge is -2.27. The number of rotatable bonds is 7. The van der Waals surface area contributed by atoms with Crippen molar-refractivity contribution in [3.8, 4) is 11.8 Å². The largest absolute Gasteiger partial charge is 0.392 e. The topological polar surface area (TPSA) is 40.5 Å². The van der Waals surface area contributed by atoms with Crippen LogP contribution in [0, 0.1) is 23.7 Å². The SMILES string of the molecule is C=CCC/C=C(\C#CCC(O)C1CCCCC1)C(O)C1CCCCC1. The van der Waals surface area contributed by atoms with E-state index >= 15 is 0 Å². The molecule has 0 spiro atoms. The number of aliphatic hydroxyl groups excluding tert-OH is 2. The Kier molecular flexibility index (Phi) is 9.37. The average molecular weight is 345 g/mol. The molecule has 2 fully saturated rings. The zero-order valence-corrected chi connectivity index (χ0v) is 15.8. The number of allylic oxidation sites excluding steroid dienone is 2. The van der Waals surface area contributed by atoms with E-state index < -0.39 is 6.10 Å². The first-order chi connectivity index (χ1) is 12.2. The maximum Gasteiger partial charge on any atom is 0.0892 e. The van der Waals surface area contributed by atoms with Crippen LogP contribution in [0.3, 0.4) is 0 Å². The monoisotopic (exact) mass is 344 g/mol. The molecule has 2 rings (SSSR count). The second-order valence-corrected chi connectivity index (χ2v) is 7.84. The first kappa shape index (κ1) is 20.3. The fraction of sp³-hybridized carbons (Fsp3) is 0.739. The van der Waals surface area contributed by atoms with Crippen LogP contribution < -0.4 is 0 Å². The molecule has 2 aliphatic rings. The minimum Gasteiger partial charge on any atom is -0.392 e. The molecule has 25 heavy (non-hydrogen) atoms. The Balaban J connectivity index is 1.95. The van der Waals surface area contributed by atoms with Crippen molar-refractivity contribution in [1.29, 1.82) is 0 Å². The minimum atomic E-state index is -0.440. The maximum atomic E-state index is 10.8. The average Bonchev–Trinajstić information content (AvgIpc) is 2.67. The van der Waals surface area contributed by atoms with Crippen LogP contribution in [0.4, 0.5) is 0 Å². The zero-order chi connectivity index (χ0) is 17.9. The molecule has 0 amide bonds. The van der Waals surface area contributed by atoms with Crippen molar-refractivity contribution >= 4 is 0 Å². The molecule has 2 unspecified atom stereocenters. The predicted octanol–water partition coefficient (Wildman–Crippen LogP) is 5.15. The summed E-state index contributed by atoms with van der Waals surface area (Å²) in [5.41, 5.74) is 0.865. The molecule has 0 radical (unpaired) electrons. The van der Waals surface area contributed by atoms with Gasteiger partial charge >= 0.3 is 0 Å². The smallest absolute Gasteiger partial charge is 0.0892 e. The third kappa shape index (κ3) is 7.00.